The maximum atomic E-state index is 4.53. The van der Waals surface area contributed by atoms with Crippen molar-refractivity contribution >= 4 is 5.95 Å². The van der Waals surface area contributed by atoms with Crippen molar-refractivity contribution in [3.05, 3.63) is 18.0 Å². The first-order valence-corrected chi connectivity index (χ1v) is 6.53. The summed E-state index contributed by atoms with van der Waals surface area (Å²) in [4.78, 5) is 11.3. The van der Waals surface area contributed by atoms with Crippen molar-refractivity contribution in [2.24, 2.45) is 5.41 Å². The average molecular weight is 232 g/mol. The van der Waals surface area contributed by atoms with E-state index in [0.717, 1.165) is 31.3 Å². The largest absolute Gasteiger partial charge is 0.340 e. The van der Waals surface area contributed by atoms with Gasteiger partial charge in [-0.1, -0.05) is 0 Å². The van der Waals surface area contributed by atoms with Crippen LogP contribution in [0.2, 0.25) is 0 Å². The zero-order valence-electron chi connectivity index (χ0n) is 10.4. The summed E-state index contributed by atoms with van der Waals surface area (Å²) in [7, 11) is 0. The fourth-order valence-electron chi connectivity index (χ4n) is 3.07. The molecule has 2 fully saturated rings. The van der Waals surface area contributed by atoms with E-state index in [4.69, 9.17) is 0 Å². The summed E-state index contributed by atoms with van der Waals surface area (Å²) in [6.45, 7) is 6.59. The molecule has 92 valence electrons. The van der Waals surface area contributed by atoms with E-state index in [-0.39, 0.29) is 0 Å². The molecule has 4 heteroatoms. The van der Waals surface area contributed by atoms with Gasteiger partial charge in [0.15, 0.2) is 0 Å². The van der Waals surface area contributed by atoms with Crippen LogP contribution in [0, 0.1) is 12.3 Å². The molecule has 1 aromatic rings. The van der Waals surface area contributed by atoms with Gasteiger partial charge in [-0.25, -0.2) is 9.97 Å². The Kier molecular flexibility index (Phi) is 2.74. The Morgan fingerprint density at radius 2 is 2.35 bits per heavy atom. The van der Waals surface area contributed by atoms with Crippen molar-refractivity contribution in [2.45, 2.75) is 26.2 Å². The van der Waals surface area contributed by atoms with Crippen LogP contribution in [-0.4, -0.2) is 36.1 Å². The highest BCUT2D eigenvalue weighted by Crippen LogP contribution is 2.37. The van der Waals surface area contributed by atoms with E-state index in [9.17, 15) is 0 Å². The first kappa shape index (κ1) is 11.0. The molecule has 0 radical (unpaired) electrons. The van der Waals surface area contributed by atoms with Crippen LogP contribution in [0.25, 0.3) is 0 Å². The molecule has 2 saturated heterocycles. The Morgan fingerprint density at radius 3 is 3.12 bits per heavy atom. The lowest BCUT2D eigenvalue weighted by Crippen LogP contribution is -2.42. The van der Waals surface area contributed by atoms with Gasteiger partial charge in [-0.3, -0.25) is 0 Å². The lowest BCUT2D eigenvalue weighted by Gasteiger charge is -2.33. The van der Waals surface area contributed by atoms with Gasteiger partial charge in [0.25, 0.3) is 0 Å². The van der Waals surface area contributed by atoms with E-state index in [1.807, 2.05) is 19.2 Å². The second kappa shape index (κ2) is 4.26. The summed E-state index contributed by atoms with van der Waals surface area (Å²) < 4.78 is 0. The predicted molar refractivity (Wildman–Crippen MR) is 68.1 cm³/mol. The Bertz CT molecular complexity index is 398. The van der Waals surface area contributed by atoms with Crippen LogP contribution in [0.5, 0.6) is 0 Å². The molecule has 3 rings (SSSR count). The number of aromatic nitrogens is 2. The highest BCUT2D eigenvalue weighted by Gasteiger charge is 2.39. The van der Waals surface area contributed by atoms with Gasteiger partial charge in [0.1, 0.15) is 0 Å². The summed E-state index contributed by atoms with van der Waals surface area (Å²) in [5.41, 5.74) is 1.53. The summed E-state index contributed by atoms with van der Waals surface area (Å²) in [6.07, 6.45) is 5.80. The molecule has 1 atom stereocenters. The van der Waals surface area contributed by atoms with Crippen molar-refractivity contribution < 1.29 is 0 Å². The van der Waals surface area contributed by atoms with E-state index in [1.165, 1.54) is 25.8 Å². The van der Waals surface area contributed by atoms with E-state index in [1.54, 1.807) is 0 Å². The highest BCUT2D eigenvalue weighted by atomic mass is 15.3. The monoisotopic (exact) mass is 232 g/mol. The van der Waals surface area contributed by atoms with Gasteiger partial charge in [-0.2, -0.15) is 0 Å². The van der Waals surface area contributed by atoms with Crippen molar-refractivity contribution in [2.75, 3.05) is 31.1 Å². The normalized spacial score (nSPS) is 28.9. The van der Waals surface area contributed by atoms with Crippen LogP contribution in [0.15, 0.2) is 12.3 Å². The number of aryl methyl sites for hydroxylation is 1. The standard InChI is InChI=1S/C13H20N4/c1-11-3-7-15-12(16-11)17-8-5-13(10-17)4-2-6-14-9-13/h3,7,14H,2,4-6,8-10H2,1H3. The van der Waals surface area contributed by atoms with Crippen molar-refractivity contribution in [3.8, 4) is 0 Å². The number of hydrogen-bond acceptors (Lipinski definition) is 4. The lowest BCUT2D eigenvalue weighted by molar-refractivity contribution is 0.239. The number of piperidine rings is 1. The maximum Gasteiger partial charge on any atom is 0.225 e. The van der Waals surface area contributed by atoms with Gasteiger partial charge in [-0.05, 0) is 38.8 Å². The van der Waals surface area contributed by atoms with Crippen LogP contribution in [0.4, 0.5) is 5.95 Å². The highest BCUT2D eigenvalue weighted by molar-refractivity contribution is 5.33. The molecule has 0 aromatic carbocycles. The molecule has 1 N–H and O–H groups in total. The second-order valence-corrected chi connectivity index (χ2v) is 5.45. The molecule has 0 amide bonds. The smallest absolute Gasteiger partial charge is 0.225 e. The van der Waals surface area contributed by atoms with Crippen LogP contribution < -0.4 is 10.2 Å². The van der Waals surface area contributed by atoms with Crippen LogP contribution in [0.3, 0.4) is 0 Å². The molecule has 17 heavy (non-hydrogen) atoms. The second-order valence-electron chi connectivity index (χ2n) is 5.45. The van der Waals surface area contributed by atoms with Crippen LogP contribution in [0.1, 0.15) is 25.0 Å². The zero-order valence-corrected chi connectivity index (χ0v) is 10.4. The third-order valence-electron chi connectivity index (χ3n) is 4.06. The molecule has 3 heterocycles. The Hall–Kier alpha value is -1.16. The number of rotatable bonds is 1. The molecular weight excluding hydrogens is 212 g/mol. The van der Waals surface area contributed by atoms with Gasteiger partial charge in [-0.15, -0.1) is 0 Å². The minimum atomic E-state index is 0.478. The van der Waals surface area contributed by atoms with Crippen molar-refractivity contribution in [1.82, 2.24) is 15.3 Å². The fraction of sp³-hybridized carbons (Fsp3) is 0.692. The van der Waals surface area contributed by atoms with Crippen molar-refractivity contribution in [1.29, 1.82) is 0 Å². The number of nitrogens with one attached hydrogen (secondary N) is 1. The van der Waals surface area contributed by atoms with E-state index in [0.29, 0.717) is 5.41 Å². The molecule has 2 aliphatic rings. The first-order valence-electron chi connectivity index (χ1n) is 6.53. The maximum absolute atomic E-state index is 4.53. The summed E-state index contributed by atoms with van der Waals surface area (Å²) >= 11 is 0. The van der Waals surface area contributed by atoms with Gasteiger partial charge in [0, 0.05) is 36.9 Å². The molecule has 4 nitrogen and oxygen atoms in total. The summed E-state index contributed by atoms with van der Waals surface area (Å²) in [6, 6.07) is 1.96. The Balaban J connectivity index is 1.75. The summed E-state index contributed by atoms with van der Waals surface area (Å²) in [5, 5.41) is 3.53. The number of hydrogen-bond donors (Lipinski definition) is 1. The van der Waals surface area contributed by atoms with Crippen LogP contribution in [-0.2, 0) is 0 Å². The zero-order chi connectivity index (χ0) is 11.7. The predicted octanol–water partition coefficient (Wildman–Crippen LogP) is 1.36. The average Bonchev–Trinajstić information content (AvgIpc) is 2.74. The molecule has 1 spiro atoms. The SMILES string of the molecule is Cc1ccnc(N2CCC3(CCCNC3)C2)n1. The molecule has 2 aliphatic heterocycles. The topological polar surface area (TPSA) is 41.1 Å². The minimum Gasteiger partial charge on any atom is -0.340 e. The number of nitrogens with zero attached hydrogens (tertiary/aromatic N) is 3. The third-order valence-corrected chi connectivity index (χ3v) is 4.06. The molecule has 0 saturated carbocycles. The molecule has 0 bridgehead atoms. The van der Waals surface area contributed by atoms with Gasteiger partial charge in [0.05, 0.1) is 0 Å². The fourth-order valence-corrected chi connectivity index (χ4v) is 3.07. The van der Waals surface area contributed by atoms with Gasteiger partial charge < -0.3 is 10.2 Å². The Morgan fingerprint density at radius 1 is 1.41 bits per heavy atom. The van der Waals surface area contributed by atoms with Crippen LogP contribution >= 0.6 is 0 Å². The van der Waals surface area contributed by atoms with E-state index in [2.05, 4.69) is 20.2 Å². The quantitative estimate of drug-likeness (QED) is 0.794. The van der Waals surface area contributed by atoms with E-state index < -0.39 is 0 Å². The Labute approximate surface area is 102 Å². The first-order chi connectivity index (χ1) is 8.27. The third kappa shape index (κ3) is 2.14. The molecule has 0 aliphatic carbocycles. The van der Waals surface area contributed by atoms with E-state index >= 15 is 0 Å². The molecular formula is C13H20N4. The molecule has 1 aromatic heterocycles. The number of anilines is 1. The molecule has 1 unspecified atom stereocenters. The lowest BCUT2D eigenvalue weighted by atomic mass is 9.80. The minimum absolute atomic E-state index is 0.478. The van der Waals surface area contributed by atoms with Gasteiger partial charge >= 0.3 is 0 Å². The van der Waals surface area contributed by atoms with Gasteiger partial charge in [0.2, 0.25) is 5.95 Å². The van der Waals surface area contributed by atoms with Crippen molar-refractivity contribution in [3.63, 3.8) is 0 Å². The summed E-state index contributed by atoms with van der Waals surface area (Å²) in [5.74, 6) is 0.910.